The summed E-state index contributed by atoms with van der Waals surface area (Å²) in [5.41, 5.74) is 0.293. The summed E-state index contributed by atoms with van der Waals surface area (Å²) in [5, 5.41) is 13.5. The molecule has 9 nitrogen and oxygen atoms in total. The zero-order chi connectivity index (χ0) is 19.9. The highest BCUT2D eigenvalue weighted by atomic mass is 32.2. The second-order valence-electron chi connectivity index (χ2n) is 5.54. The number of nitrogens with one attached hydrogen (secondary N) is 2. The van der Waals surface area contributed by atoms with Gasteiger partial charge in [-0.1, -0.05) is 6.07 Å². The minimum absolute atomic E-state index is 0.225. The number of nitrogens with zero attached hydrogens (tertiary/aromatic N) is 1. The molecular formula is C17H19N3O6S. The number of ether oxygens (including phenoxy) is 1. The van der Waals surface area contributed by atoms with Crippen LogP contribution in [-0.4, -0.2) is 39.5 Å². The fourth-order valence-corrected chi connectivity index (χ4v) is 3.29. The third-order valence-corrected chi connectivity index (χ3v) is 4.93. The maximum absolute atomic E-state index is 12.4. The van der Waals surface area contributed by atoms with Gasteiger partial charge in [0.1, 0.15) is 0 Å². The second kappa shape index (κ2) is 9.10. The third-order valence-electron chi connectivity index (χ3n) is 3.55. The van der Waals surface area contributed by atoms with Crippen LogP contribution in [0.15, 0.2) is 53.4 Å². The van der Waals surface area contributed by atoms with E-state index in [2.05, 4.69) is 10.0 Å². The number of carbonyl (C=O) groups excluding carboxylic acids is 1. The number of sulfonamides is 1. The van der Waals surface area contributed by atoms with Crippen molar-refractivity contribution < 1.29 is 22.9 Å². The van der Waals surface area contributed by atoms with Crippen LogP contribution < -0.4 is 10.0 Å². The average molecular weight is 393 g/mol. The Balaban J connectivity index is 2.06. The van der Waals surface area contributed by atoms with Crippen LogP contribution in [-0.2, 0) is 14.8 Å². The highest BCUT2D eigenvalue weighted by molar-refractivity contribution is 7.92. The minimum Gasteiger partial charge on any atom is -0.385 e. The molecule has 144 valence electrons. The van der Waals surface area contributed by atoms with E-state index in [4.69, 9.17) is 4.74 Å². The first-order valence-corrected chi connectivity index (χ1v) is 9.46. The van der Waals surface area contributed by atoms with Crippen molar-refractivity contribution in [1.82, 2.24) is 5.32 Å². The highest BCUT2D eigenvalue weighted by Gasteiger charge is 2.18. The number of benzene rings is 2. The summed E-state index contributed by atoms with van der Waals surface area (Å²) in [6.07, 6.45) is 0.684. The topological polar surface area (TPSA) is 128 Å². The largest absolute Gasteiger partial charge is 0.385 e. The number of nitro groups is 1. The molecular weight excluding hydrogens is 374 g/mol. The maximum Gasteiger partial charge on any atom is 0.270 e. The van der Waals surface area contributed by atoms with Gasteiger partial charge in [0.2, 0.25) is 0 Å². The van der Waals surface area contributed by atoms with Gasteiger partial charge in [0.05, 0.1) is 9.82 Å². The lowest BCUT2D eigenvalue weighted by Gasteiger charge is -2.09. The smallest absolute Gasteiger partial charge is 0.270 e. The van der Waals surface area contributed by atoms with Crippen molar-refractivity contribution >= 4 is 27.3 Å². The highest BCUT2D eigenvalue weighted by Crippen LogP contribution is 2.20. The molecule has 0 aliphatic carbocycles. The molecule has 2 N–H and O–H groups in total. The van der Waals surface area contributed by atoms with E-state index in [1.54, 1.807) is 7.11 Å². The normalized spacial score (nSPS) is 11.0. The lowest BCUT2D eigenvalue weighted by molar-refractivity contribution is -0.385. The van der Waals surface area contributed by atoms with Crippen molar-refractivity contribution in [2.75, 3.05) is 25.0 Å². The molecule has 0 saturated carbocycles. The molecule has 2 rings (SSSR count). The molecule has 0 atom stereocenters. The molecule has 2 aromatic rings. The number of carbonyl (C=O) groups is 1. The first-order chi connectivity index (χ1) is 12.8. The van der Waals surface area contributed by atoms with Crippen LogP contribution in [0.3, 0.4) is 0 Å². The van der Waals surface area contributed by atoms with Crippen molar-refractivity contribution in [3.63, 3.8) is 0 Å². The fourth-order valence-electron chi connectivity index (χ4n) is 2.19. The van der Waals surface area contributed by atoms with Crippen LogP contribution in [0.2, 0.25) is 0 Å². The van der Waals surface area contributed by atoms with E-state index in [1.165, 1.54) is 42.5 Å². The summed E-state index contributed by atoms with van der Waals surface area (Å²) in [6.45, 7) is 1.01. The number of amides is 1. The molecule has 0 heterocycles. The van der Waals surface area contributed by atoms with Crippen LogP contribution in [0, 0.1) is 10.1 Å². The Labute approximate surface area is 156 Å². The molecule has 10 heteroatoms. The van der Waals surface area contributed by atoms with Crippen LogP contribution >= 0.6 is 0 Å². The van der Waals surface area contributed by atoms with E-state index in [-0.39, 0.29) is 22.2 Å². The lowest BCUT2D eigenvalue weighted by Crippen LogP contribution is -2.25. The predicted molar refractivity (Wildman–Crippen MR) is 99.2 cm³/mol. The number of nitro benzene ring substituents is 1. The van der Waals surface area contributed by atoms with Crippen molar-refractivity contribution in [2.24, 2.45) is 0 Å². The predicted octanol–water partition coefficient (Wildman–Crippen LogP) is 2.16. The van der Waals surface area contributed by atoms with Gasteiger partial charge in [-0.25, -0.2) is 8.42 Å². The molecule has 0 bridgehead atoms. The van der Waals surface area contributed by atoms with Crippen LogP contribution in [0.5, 0.6) is 0 Å². The van der Waals surface area contributed by atoms with Crippen molar-refractivity contribution in [2.45, 2.75) is 11.3 Å². The standard InChI is InChI=1S/C17H19N3O6S/c1-26-11-3-10-18-17(21)13-6-8-14(9-7-13)19-27(24,25)16-5-2-4-15(12-16)20(22)23/h2,4-9,12,19H,3,10-11H2,1H3,(H,18,21). The van der Waals surface area contributed by atoms with Crippen molar-refractivity contribution in [3.8, 4) is 0 Å². The van der Waals surface area contributed by atoms with Crippen molar-refractivity contribution in [3.05, 3.63) is 64.2 Å². The summed E-state index contributed by atoms with van der Waals surface area (Å²) < 4.78 is 32.0. The quantitative estimate of drug-likeness (QED) is 0.382. The summed E-state index contributed by atoms with van der Waals surface area (Å²) in [7, 11) is -2.41. The van der Waals surface area contributed by atoms with Crippen LogP contribution in [0.1, 0.15) is 16.8 Å². The third kappa shape index (κ3) is 5.76. The van der Waals surface area contributed by atoms with Crippen molar-refractivity contribution in [1.29, 1.82) is 0 Å². The molecule has 27 heavy (non-hydrogen) atoms. The first-order valence-electron chi connectivity index (χ1n) is 7.98. The summed E-state index contributed by atoms with van der Waals surface area (Å²) in [5.74, 6) is -0.279. The van der Waals surface area contributed by atoms with Gasteiger partial charge in [-0.15, -0.1) is 0 Å². The average Bonchev–Trinajstić information content (AvgIpc) is 2.65. The summed E-state index contributed by atoms with van der Waals surface area (Å²) in [4.78, 5) is 21.9. The fraction of sp³-hybridized carbons (Fsp3) is 0.235. The van der Waals surface area contributed by atoms with Gasteiger partial charge in [-0.05, 0) is 36.8 Å². The molecule has 2 aromatic carbocycles. The number of methoxy groups -OCH3 is 1. The van der Waals surface area contributed by atoms with Crippen LogP contribution in [0.25, 0.3) is 0 Å². The molecule has 0 fully saturated rings. The molecule has 0 aromatic heterocycles. The maximum atomic E-state index is 12.4. The summed E-state index contributed by atoms with van der Waals surface area (Å²) >= 11 is 0. The Bertz CT molecular complexity index is 913. The number of non-ortho nitro benzene ring substituents is 1. The van der Waals surface area contributed by atoms with E-state index in [0.717, 1.165) is 6.07 Å². The van der Waals surface area contributed by atoms with Gasteiger partial charge in [-0.2, -0.15) is 0 Å². The second-order valence-corrected chi connectivity index (χ2v) is 7.22. The monoisotopic (exact) mass is 393 g/mol. The van der Waals surface area contributed by atoms with Gasteiger partial charge in [0.25, 0.3) is 21.6 Å². The van der Waals surface area contributed by atoms with Crippen LogP contribution in [0.4, 0.5) is 11.4 Å². The zero-order valence-corrected chi connectivity index (χ0v) is 15.4. The van der Waals surface area contributed by atoms with E-state index >= 15 is 0 Å². The molecule has 0 spiro atoms. The zero-order valence-electron chi connectivity index (χ0n) is 14.5. The Morgan fingerprint density at radius 1 is 1.19 bits per heavy atom. The van der Waals surface area contributed by atoms with Gasteiger partial charge in [0.15, 0.2) is 0 Å². The lowest BCUT2D eigenvalue weighted by atomic mass is 10.2. The minimum atomic E-state index is -3.99. The van der Waals surface area contributed by atoms with Gasteiger partial charge in [0, 0.05) is 43.6 Å². The van der Waals surface area contributed by atoms with Gasteiger partial charge in [-0.3, -0.25) is 19.6 Å². The number of anilines is 1. The Morgan fingerprint density at radius 2 is 1.89 bits per heavy atom. The summed E-state index contributed by atoms with van der Waals surface area (Å²) in [6, 6.07) is 10.6. The van der Waals surface area contributed by atoms with E-state index in [9.17, 15) is 23.3 Å². The molecule has 0 unspecified atom stereocenters. The van der Waals surface area contributed by atoms with Gasteiger partial charge < -0.3 is 10.1 Å². The first kappa shape index (κ1) is 20.3. The number of hydrogen-bond donors (Lipinski definition) is 2. The molecule has 0 saturated heterocycles. The molecule has 0 aliphatic heterocycles. The Kier molecular flexibility index (Phi) is 6.85. The molecule has 0 aliphatic rings. The molecule has 0 radical (unpaired) electrons. The van der Waals surface area contributed by atoms with Gasteiger partial charge >= 0.3 is 0 Å². The number of hydrogen-bond acceptors (Lipinski definition) is 6. The van der Waals surface area contributed by atoms with E-state index in [0.29, 0.717) is 25.1 Å². The number of rotatable bonds is 9. The molecule has 1 amide bonds. The van der Waals surface area contributed by atoms with E-state index < -0.39 is 14.9 Å². The van der Waals surface area contributed by atoms with E-state index in [1.807, 2.05) is 0 Å². The Morgan fingerprint density at radius 3 is 2.52 bits per heavy atom. The SMILES string of the molecule is COCCCNC(=O)c1ccc(NS(=O)(=O)c2cccc([N+](=O)[O-])c2)cc1. The Hall–Kier alpha value is -2.98.